The Labute approximate surface area is 102 Å². The highest BCUT2D eigenvalue weighted by Crippen LogP contribution is 2.27. The number of nitrogens with two attached hydrogens (primary N) is 1. The molecule has 6 heteroatoms. The average Bonchev–Trinajstić information content (AvgIpc) is 2.72. The first-order valence-corrected chi connectivity index (χ1v) is 5.18. The Morgan fingerprint density at radius 1 is 1.47 bits per heavy atom. The zero-order valence-electron chi connectivity index (χ0n) is 8.92. The van der Waals surface area contributed by atoms with E-state index >= 15 is 0 Å². The SMILES string of the molecule is Cc1cc(-c2cc(C(N)=O)[nH]n2)c(F)cc1Cl. The summed E-state index contributed by atoms with van der Waals surface area (Å²) in [5, 5.41) is 6.62. The van der Waals surface area contributed by atoms with Crippen LogP contribution in [-0.4, -0.2) is 16.1 Å². The van der Waals surface area contributed by atoms with Crippen molar-refractivity contribution in [3.05, 3.63) is 40.3 Å². The largest absolute Gasteiger partial charge is 0.364 e. The van der Waals surface area contributed by atoms with Crippen LogP contribution in [0.1, 0.15) is 16.1 Å². The normalized spacial score (nSPS) is 10.5. The molecule has 0 unspecified atom stereocenters. The maximum Gasteiger partial charge on any atom is 0.266 e. The van der Waals surface area contributed by atoms with Crippen molar-refractivity contribution in [2.24, 2.45) is 5.73 Å². The zero-order valence-corrected chi connectivity index (χ0v) is 9.68. The summed E-state index contributed by atoms with van der Waals surface area (Å²) in [5.74, 6) is -1.14. The number of hydrogen-bond acceptors (Lipinski definition) is 2. The number of primary amides is 1. The number of aromatic nitrogens is 2. The molecule has 1 aromatic heterocycles. The van der Waals surface area contributed by atoms with Crippen molar-refractivity contribution in [3.8, 4) is 11.3 Å². The van der Waals surface area contributed by atoms with E-state index in [1.807, 2.05) is 0 Å². The van der Waals surface area contributed by atoms with Crippen LogP contribution in [0.3, 0.4) is 0 Å². The first-order valence-electron chi connectivity index (χ1n) is 4.80. The molecule has 2 aromatic rings. The number of amides is 1. The molecule has 0 bridgehead atoms. The summed E-state index contributed by atoms with van der Waals surface area (Å²) in [6.07, 6.45) is 0. The number of carbonyl (C=O) groups excluding carboxylic acids is 1. The van der Waals surface area contributed by atoms with E-state index in [0.29, 0.717) is 10.7 Å². The average molecular weight is 254 g/mol. The topological polar surface area (TPSA) is 71.8 Å². The highest BCUT2D eigenvalue weighted by atomic mass is 35.5. The van der Waals surface area contributed by atoms with Crippen LogP contribution in [0.15, 0.2) is 18.2 Å². The molecule has 0 aliphatic carbocycles. The van der Waals surface area contributed by atoms with E-state index in [1.165, 1.54) is 12.1 Å². The Morgan fingerprint density at radius 2 is 2.18 bits per heavy atom. The van der Waals surface area contributed by atoms with Gasteiger partial charge < -0.3 is 5.73 Å². The number of nitrogens with zero attached hydrogens (tertiary/aromatic N) is 1. The number of H-pyrrole nitrogens is 1. The van der Waals surface area contributed by atoms with Crippen molar-refractivity contribution >= 4 is 17.5 Å². The van der Waals surface area contributed by atoms with Crippen LogP contribution < -0.4 is 5.73 Å². The Bertz CT molecular complexity index is 594. The van der Waals surface area contributed by atoms with Crippen LogP contribution in [0.5, 0.6) is 0 Å². The number of halogens is 2. The van der Waals surface area contributed by atoms with E-state index in [4.69, 9.17) is 17.3 Å². The standard InChI is InChI=1S/C11H9ClFN3O/c1-5-2-6(8(13)3-7(5)12)9-4-10(11(14)17)16-15-9/h2-4H,1H3,(H2,14,17)(H,15,16). The molecule has 1 heterocycles. The smallest absolute Gasteiger partial charge is 0.266 e. The molecule has 0 saturated heterocycles. The number of aromatic amines is 1. The van der Waals surface area contributed by atoms with Gasteiger partial charge in [0.25, 0.3) is 5.91 Å². The van der Waals surface area contributed by atoms with E-state index in [-0.39, 0.29) is 11.3 Å². The molecule has 0 aliphatic heterocycles. The zero-order chi connectivity index (χ0) is 12.6. The van der Waals surface area contributed by atoms with Crippen molar-refractivity contribution in [1.82, 2.24) is 10.2 Å². The van der Waals surface area contributed by atoms with Gasteiger partial charge in [0.05, 0.1) is 5.69 Å². The van der Waals surface area contributed by atoms with Gasteiger partial charge in [-0.05, 0) is 30.7 Å². The van der Waals surface area contributed by atoms with Crippen LogP contribution in [0.4, 0.5) is 4.39 Å². The molecule has 1 amide bonds. The summed E-state index contributed by atoms with van der Waals surface area (Å²) in [6.45, 7) is 1.76. The maximum atomic E-state index is 13.7. The van der Waals surface area contributed by atoms with E-state index in [2.05, 4.69) is 10.2 Å². The second-order valence-corrected chi connectivity index (χ2v) is 4.02. The first-order chi connectivity index (χ1) is 7.99. The molecule has 17 heavy (non-hydrogen) atoms. The summed E-state index contributed by atoms with van der Waals surface area (Å²) in [6, 6.07) is 4.18. The molecular weight excluding hydrogens is 245 g/mol. The van der Waals surface area contributed by atoms with Crippen LogP contribution in [0.2, 0.25) is 5.02 Å². The lowest BCUT2D eigenvalue weighted by Crippen LogP contribution is -2.10. The highest BCUT2D eigenvalue weighted by molar-refractivity contribution is 6.31. The van der Waals surface area contributed by atoms with E-state index < -0.39 is 11.7 Å². The molecule has 0 fully saturated rings. The lowest BCUT2D eigenvalue weighted by molar-refractivity contribution is 0.0995. The summed E-state index contributed by atoms with van der Waals surface area (Å²) in [7, 11) is 0. The lowest BCUT2D eigenvalue weighted by Gasteiger charge is -2.03. The number of hydrogen-bond donors (Lipinski definition) is 2. The summed E-state index contributed by atoms with van der Waals surface area (Å²) in [4.78, 5) is 10.9. The Morgan fingerprint density at radius 3 is 2.76 bits per heavy atom. The summed E-state index contributed by atoms with van der Waals surface area (Å²) >= 11 is 5.79. The van der Waals surface area contributed by atoms with Crippen molar-refractivity contribution in [3.63, 3.8) is 0 Å². The fourth-order valence-electron chi connectivity index (χ4n) is 1.44. The van der Waals surface area contributed by atoms with Gasteiger partial charge in [0.15, 0.2) is 0 Å². The molecule has 3 N–H and O–H groups in total. The number of aryl methyl sites for hydroxylation is 1. The van der Waals surface area contributed by atoms with E-state index in [9.17, 15) is 9.18 Å². The monoisotopic (exact) mass is 253 g/mol. The quantitative estimate of drug-likeness (QED) is 0.862. The number of nitrogens with one attached hydrogen (secondary N) is 1. The number of benzene rings is 1. The van der Waals surface area contributed by atoms with Gasteiger partial charge in [-0.1, -0.05) is 11.6 Å². The molecule has 2 rings (SSSR count). The van der Waals surface area contributed by atoms with E-state index in [1.54, 1.807) is 13.0 Å². The van der Waals surface area contributed by atoms with Gasteiger partial charge in [-0.2, -0.15) is 5.10 Å². The Balaban J connectivity index is 2.52. The van der Waals surface area contributed by atoms with Gasteiger partial charge in [0.1, 0.15) is 11.5 Å². The van der Waals surface area contributed by atoms with Gasteiger partial charge in [-0.15, -0.1) is 0 Å². The molecular formula is C11H9ClFN3O. The predicted octanol–water partition coefficient (Wildman–Crippen LogP) is 2.28. The van der Waals surface area contributed by atoms with Gasteiger partial charge in [0.2, 0.25) is 0 Å². The molecule has 0 atom stereocenters. The highest BCUT2D eigenvalue weighted by Gasteiger charge is 2.13. The third-order valence-electron chi connectivity index (χ3n) is 2.37. The number of carbonyl (C=O) groups is 1. The molecule has 0 radical (unpaired) electrons. The van der Waals surface area contributed by atoms with Crippen molar-refractivity contribution in [2.45, 2.75) is 6.92 Å². The van der Waals surface area contributed by atoms with Gasteiger partial charge in [-0.25, -0.2) is 4.39 Å². The third-order valence-corrected chi connectivity index (χ3v) is 2.77. The molecule has 0 saturated carbocycles. The van der Waals surface area contributed by atoms with Crippen molar-refractivity contribution in [1.29, 1.82) is 0 Å². The molecule has 4 nitrogen and oxygen atoms in total. The Kier molecular flexibility index (Phi) is 2.85. The molecule has 0 aliphatic rings. The molecule has 1 aromatic carbocycles. The second kappa shape index (κ2) is 4.18. The molecule has 0 spiro atoms. The van der Waals surface area contributed by atoms with Crippen LogP contribution in [-0.2, 0) is 0 Å². The minimum absolute atomic E-state index is 0.131. The third kappa shape index (κ3) is 2.14. The Hall–Kier alpha value is -1.88. The van der Waals surface area contributed by atoms with Crippen LogP contribution >= 0.6 is 11.6 Å². The first kappa shape index (κ1) is 11.6. The fourth-order valence-corrected chi connectivity index (χ4v) is 1.59. The van der Waals surface area contributed by atoms with Gasteiger partial charge in [-0.3, -0.25) is 9.89 Å². The van der Waals surface area contributed by atoms with Crippen LogP contribution in [0.25, 0.3) is 11.3 Å². The second-order valence-electron chi connectivity index (χ2n) is 3.61. The van der Waals surface area contributed by atoms with E-state index in [0.717, 1.165) is 5.56 Å². The minimum Gasteiger partial charge on any atom is -0.364 e. The maximum absolute atomic E-state index is 13.7. The number of rotatable bonds is 2. The minimum atomic E-state index is -0.644. The van der Waals surface area contributed by atoms with Crippen LogP contribution in [0, 0.1) is 12.7 Å². The van der Waals surface area contributed by atoms with Gasteiger partial charge >= 0.3 is 0 Å². The molecule has 88 valence electrons. The summed E-state index contributed by atoms with van der Waals surface area (Å²) in [5.41, 5.74) is 6.52. The fraction of sp³-hybridized carbons (Fsp3) is 0.0909. The van der Waals surface area contributed by atoms with Gasteiger partial charge in [0, 0.05) is 10.6 Å². The summed E-state index contributed by atoms with van der Waals surface area (Å²) < 4.78 is 13.7. The van der Waals surface area contributed by atoms with Crippen molar-refractivity contribution < 1.29 is 9.18 Å². The lowest BCUT2D eigenvalue weighted by atomic mass is 10.1. The van der Waals surface area contributed by atoms with Crippen molar-refractivity contribution in [2.75, 3.05) is 0 Å². The predicted molar refractivity (Wildman–Crippen MR) is 62.2 cm³/mol.